The predicted octanol–water partition coefficient (Wildman–Crippen LogP) is 3.79. The molecule has 1 aromatic rings. The van der Waals surface area contributed by atoms with Crippen LogP contribution in [0.3, 0.4) is 0 Å². The van der Waals surface area contributed by atoms with Gasteiger partial charge in [0.05, 0.1) is 0 Å². The third-order valence-corrected chi connectivity index (χ3v) is 4.82. The fourth-order valence-electron chi connectivity index (χ4n) is 4.65. The second-order valence-corrected chi connectivity index (χ2v) is 7.79. The molecule has 19 heavy (non-hydrogen) atoms. The van der Waals surface area contributed by atoms with Crippen molar-refractivity contribution in [2.75, 3.05) is 6.54 Å². The third-order valence-electron chi connectivity index (χ3n) is 4.82. The molecule has 0 aromatic heterocycles. The zero-order chi connectivity index (χ0) is 13.7. The smallest absolute Gasteiger partial charge is 0.115 e. The van der Waals surface area contributed by atoms with Gasteiger partial charge in [-0.05, 0) is 47.8 Å². The lowest BCUT2D eigenvalue weighted by molar-refractivity contribution is 0.126. The van der Waals surface area contributed by atoms with Gasteiger partial charge >= 0.3 is 0 Å². The van der Waals surface area contributed by atoms with Gasteiger partial charge in [-0.3, -0.25) is 4.90 Å². The average Bonchev–Trinajstić information content (AvgIpc) is 2.47. The van der Waals surface area contributed by atoms with Crippen LogP contribution in [0.1, 0.15) is 45.6 Å². The summed E-state index contributed by atoms with van der Waals surface area (Å²) >= 11 is 0. The summed E-state index contributed by atoms with van der Waals surface area (Å²) in [5.41, 5.74) is 2.20. The fourth-order valence-corrected chi connectivity index (χ4v) is 4.65. The van der Waals surface area contributed by atoms with Crippen LogP contribution in [0.2, 0.25) is 0 Å². The van der Waals surface area contributed by atoms with Crippen molar-refractivity contribution in [2.45, 2.75) is 52.6 Å². The van der Waals surface area contributed by atoms with E-state index in [1.165, 1.54) is 31.4 Å². The molecule has 2 fully saturated rings. The van der Waals surface area contributed by atoms with Crippen LogP contribution < -0.4 is 0 Å². The minimum atomic E-state index is 0.381. The largest absolute Gasteiger partial charge is 0.508 e. The van der Waals surface area contributed by atoms with E-state index < -0.39 is 0 Å². The van der Waals surface area contributed by atoms with E-state index in [1.807, 2.05) is 12.1 Å². The first-order valence-electron chi connectivity index (χ1n) is 7.37. The zero-order valence-electron chi connectivity index (χ0n) is 12.3. The second-order valence-electron chi connectivity index (χ2n) is 7.79. The molecule has 1 aromatic carbocycles. The van der Waals surface area contributed by atoms with E-state index in [0.29, 0.717) is 16.6 Å². The molecular formula is C17H25NO. The quantitative estimate of drug-likeness (QED) is 0.873. The lowest BCUT2D eigenvalue weighted by Crippen LogP contribution is -2.34. The number of rotatable bonds is 2. The Hall–Kier alpha value is -1.02. The molecule has 0 spiro atoms. The maximum atomic E-state index is 9.59. The molecule has 2 atom stereocenters. The van der Waals surface area contributed by atoms with Crippen LogP contribution in [0, 0.1) is 10.8 Å². The monoisotopic (exact) mass is 259 g/mol. The van der Waals surface area contributed by atoms with Crippen LogP contribution in [-0.4, -0.2) is 22.6 Å². The normalized spacial score (nSPS) is 33.5. The van der Waals surface area contributed by atoms with Gasteiger partial charge in [-0.2, -0.15) is 0 Å². The molecule has 2 bridgehead atoms. The molecule has 104 valence electrons. The summed E-state index contributed by atoms with van der Waals surface area (Å²) in [5, 5.41) is 9.59. The number of aromatic hydroxyl groups is 1. The van der Waals surface area contributed by atoms with E-state index in [1.54, 1.807) is 6.07 Å². The number of likely N-dealkylation sites (tertiary alicyclic amines) is 1. The molecule has 0 amide bonds. The number of phenols is 1. The minimum Gasteiger partial charge on any atom is -0.508 e. The van der Waals surface area contributed by atoms with Crippen LogP contribution in [0.4, 0.5) is 0 Å². The molecule has 2 heteroatoms. The highest BCUT2D eigenvalue weighted by Crippen LogP contribution is 2.52. The topological polar surface area (TPSA) is 23.5 Å². The first-order chi connectivity index (χ1) is 8.85. The molecule has 1 aliphatic heterocycles. The van der Waals surface area contributed by atoms with Crippen LogP contribution in [0.15, 0.2) is 24.3 Å². The molecule has 1 saturated carbocycles. The first kappa shape index (κ1) is 13.0. The number of phenolic OH excluding ortho intramolecular Hbond substituents is 1. The van der Waals surface area contributed by atoms with Crippen LogP contribution in [-0.2, 0) is 6.54 Å². The summed E-state index contributed by atoms with van der Waals surface area (Å²) in [6, 6.07) is 8.43. The molecule has 1 saturated heterocycles. The van der Waals surface area contributed by atoms with Gasteiger partial charge in [0.25, 0.3) is 0 Å². The zero-order valence-corrected chi connectivity index (χ0v) is 12.3. The molecule has 1 heterocycles. The molecule has 1 aliphatic carbocycles. The molecule has 2 unspecified atom stereocenters. The van der Waals surface area contributed by atoms with Crippen molar-refractivity contribution in [1.82, 2.24) is 4.90 Å². The van der Waals surface area contributed by atoms with E-state index in [2.05, 4.69) is 31.7 Å². The first-order valence-corrected chi connectivity index (χ1v) is 7.37. The SMILES string of the molecule is CC1(C)CC2CC(C)(CN2Cc2cccc(O)c2)C1. The summed E-state index contributed by atoms with van der Waals surface area (Å²) in [4.78, 5) is 2.63. The summed E-state index contributed by atoms with van der Waals surface area (Å²) < 4.78 is 0. The molecule has 2 nitrogen and oxygen atoms in total. The third kappa shape index (κ3) is 2.64. The van der Waals surface area contributed by atoms with Crippen LogP contribution in [0.25, 0.3) is 0 Å². The number of hydrogen-bond acceptors (Lipinski definition) is 2. The summed E-state index contributed by atoms with van der Waals surface area (Å²) in [7, 11) is 0. The summed E-state index contributed by atoms with van der Waals surface area (Å²) in [5.74, 6) is 0.381. The molecule has 1 N–H and O–H groups in total. The Labute approximate surface area is 116 Å². The van der Waals surface area contributed by atoms with Crippen molar-refractivity contribution in [3.05, 3.63) is 29.8 Å². The van der Waals surface area contributed by atoms with E-state index in [9.17, 15) is 5.11 Å². The summed E-state index contributed by atoms with van der Waals surface area (Å²) in [6.07, 6.45) is 3.99. The molecule has 0 radical (unpaired) electrons. The van der Waals surface area contributed by atoms with E-state index in [-0.39, 0.29) is 0 Å². The maximum absolute atomic E-state index is 9.59. The van der Waals surface area contributed by atoms with Gasteiger partial charge in [0.1, 0.15) is 5.75 Å². The number of hydrogen-bond donors (Lipinski definition) is 1. The minimum absolute atomic E-state index is 0.381. The number of nitrogens with zero attached hydrogens (tertiary/aromatic N) is 1. The number of benzene rings is 1. The Bertz CT molecular complexity index is 482. The molecule has 2 aliphatic rings. The summed E-state index contributed by atoms with van der Waals surface area (Å²) in [6.45, 7) is 9.45. The van der Waals surface area contributed by atoms with Crippen molar-refractivity contribution in [2.24, 2.45) is 10.8 Å². The van der Waals surface area contributed by atoms with E-state index >= 15 is 0 Å². The Morgan fingerprint density at radius 3 is 2.79 bits per heavy atom. The highest BCUT2D eigenvalue weighted by atomic mass is 16.3. The van der Waals surface area contributed by atoms with Gasteiger partial charge in [-0.15, -0.1) is 0 Å². The lowest BCUT2D eigenvalue weighted by Gasteiger charge is -2.40. The van der Waals surface area contributed by atoms with Gasteiger partial charge in [0.15, 0.2) is 0 Å². The Morgan fingerprint density at radius 1 is 1.26 bits per heavy atom. The van der Waals surface area contributed by atoms with Gasteiger partial charge in [-0.25, -0.2) is 0 Å². The van der Waals surface area contributed by atoms with Gasteiger partial charge in [0, 0.05) is 19.1 Å². The maximum Gasteiger partial charge on any atom is 0.115 e. The van der Waals surface area contributed by atoms with Gasteiger partial charge in [-0.1, -0.05) is 32.9 Å². The van der Waals surface area contributed by atoms with Crippen LogP contribution >= 0.6 is 0 Å². The van der Waals surface area contributed by atoms with Crippen molar-refractivity contribution < 1.29 is 5.11 Å². The Morgan fingerprint density at radius 2 is 2.05 bits per heavy atom. The van der Waals surface area contributed by atoms with Crippen molar-refractivity contribution in [3.63, 3.8) is 0 Å². The van der Waals surface area contributed by atoms with E-state index in [0.717, 1.165) is 12.6 Å². The standard InChI is InChI=1S/C17H25NO/c1-16(2)8-14-9-17(3,11-16)12-18(14)10-13-5-4-6-15(19)7-13/h4-7,14,19H,8-12H2,1-3H3. The van der Waals surface area contributed by atoms with Crippen molar-refractivity contribution in [1.29, 1.82) is 0 Å². The van der Waals surface area contributed by atoms with Gasteiger partial charge < -0.3 is 5.11 Å². The number of fused-ring (bicyclic) bond motifs is 2. The van der Waals surface area contributed by atoms with Crippen molar-refractivity contribution >= 4 is 0 Å². The van der Waals surface area contributed by atoms with Crippen molar-refractivity contribution in [3.8, 4) is 5.75 Å². The lowest BCUT2D eigenvalue weighted by atomic mass is 9.65. The highest BCUT2D eigenvalue weighted by Gasteiger charge is 2.49. The Kier molecular flexibility index (Phi) is 2.90. The average molecular weight is 259 g/mol. The Balaban J connectivity index is 1.77. The fraction of sp³-hybridized carbons (Fsp3) is 0.647. The second kappa shape index (κ2) is 4.24. The van der Waals surface area contributed by atoms with Crippen LogP contribution in [0.5, 0.6) is 5.75 Å². The van der Waals surface area contributed by atoms with Gasteiger partial charge in [0.2, 0.25) is 0 Å². The van der Waals surface area contributed by atoms with E-state index in [4.69, 9.17) is 0 Å². The highest BCUT2D eigenvalue weighted by molar-refractivity contribution is 5.27. The molecule has 3 rings (SSSR count). The predicted molar refractivity (Wildman–Crippen MR) is 78.0 cm³/mol. The molecular weight excluding hydrogens is 234 g/mol.